The van der Waals surface area contributed by atoms with E-state index >= 15 is 0 Å². The van der Waals surface area contributed by atoms with E-state index in [-0.39, 0.29) is 12.6 Å². The predicted molar refractivity (Wildman–Crippen MR) is 56.0 cm³/mol. The molecule has 0 fully saturated rings. The third-order valence-corrected chi connectivity index (χ3v) is 2.27. The highest BCUT2D eigenvalue weighted by atomic mass is 16.5. The quantitative estimate of drug-likeness (QED) is 0.705. The van der Waals surface area contributed by atoms with Crippen LogP contribution in [0.2, 0.25) is 0 Å². The molecular formula is C10H18N2O2. The molecule has 4 nitrogen and oxygen atoms in total. The van der Waals surface area contributed by atoms with Gasteiger partial charge < -0.3 is 15.6 Å². The highest BCUT2D eigenvalue weighted by Crippen LogP contribution is 2.23. The number of nitrogens with zero attached hydrogens (tertiary/aromatic N) is 1. The Morgan fingerprint density at radius 3 is 2.64 bits per heavy atom. The number of aliphatic hydroxyl groups excluding tert-OH is 1. The minimum absolute atomic E-state index is 0.0593. The number of hydrogen-bond acceptors (Lipinski definition) is 4. The normalized spacial score (nSPS) is 24.6. The first-order valence-electron chi connectivity index (χ1n) is 4.85. The number of aliphatic hydroxyl groups is 1. The van der Waals surface area contributed by atoms with E-state index in [2.05, 4.69) is 4.99 Å². The highest BCUT2D eigenvalue weighted by Gasteiger charge is 2.32. The second-order valence-corrected chi connectivity index (χ2v) is 3.92. The number of aliphatic imine (C=N–C) groups is 1. The fourth-order valence-electron chi connectivity index (χ4n) is 1.34. The number of hydrogen-bond donors (Lipinski definition) is 2. The summed E-state index contributed by atoms with van der Waals surface area (Å²) in [6, 6.07) is -0.0602. The van der Waals surface area contributed by atoms with Crippen molar-refractivity contribution in [2.45, 2.75) is 38.8 Å². The van der Waals surface area contributed by atoms with Gasteiger partial charge >= 0.3 is 0 Å². The lowest BCUT2D eigenvalue weighted by Crippen LogP contribution is -2.30. The topological polar surface area (TPSA) is 67.8 Å². The average molecular weight is 198 g/mol. The van der Waals surface area contributed by atoms with Crippen molar-refractivity contribution in [2.75, 3.05) is 6.61 Å². The van der Waals surface area contributed by atoms with E-state index in [0.29, 0.717) is 5.88 Å². The van der Waals surface area contributed by atoms with Crippen molar-refractivity contribution in [1.29, 1.82) is 0 Å². The fourth-order valence-corrected chi connectivity index (χ4v) is 1.34. The summed E-state index contributed by atoms with van der Waals surface area (Å²) < 4.78 is 5.38. The molecule has 1 unspecified atom stereocenters. The van der Waals surface area contributed by atoms with E-state index in [1.165, 1.54) is 0 Å². The van der Waals surface area contributed by atoms with Gasteiger partial charge in [0.15, 0.2) is 5.88 Å². The van der Waals surface area contributed by atoms with Gasteiger partial charge in [0.25, 0.3) is 0 Å². The highest BCUT2D eigenvalue weighted by molar-refractivity contribution is 6.03. The zero-order valence-corrected chi connectivity index (χ0v) is 8.95. The van der Waals surface area contributed by atoms with E-state index in [9.17, 15) is 0 Å². The molecule has 1 atom stereocenters. The molecule has 0 saturated carbocycles. The standard InChI is InChI=1S/C10H18N2O2/c1-4-7(6-13)12-8-5-9(11)14-10(8,2)3/h5,7,13H,4,6,11H2,1-3H3. The Morgan fingerprint density at radius 2 is 2.29 bits per heavy atom. The number of ether oxygens (including phenoxy) is 1. The Labute approximate surface area is 84.5 Å². The van der Waals surface area contributed by atoms with Crippen molar-refractivity contribution in [3.63, 3.8) is 0 Å². The van der Waals surface area contributed by atoms with Crippen LogP contribution in [0.25, 0.3) is 0 Å². The van der Waals surface area contributed by atoms with E-state index in [1.807, 2.05) is 20.8 Å². The first kappa shape index (κ1) is 11.0. The summed E-state index contributed by atoms with van der Waals surface area (Å²) in [7, 11) is 0. The Balaban J connectivity index is 2.85. The second-order valence-electron chi connectivity index (χ2n) is 3.92. The summed E-state index contributed by atoms with van der Waals surface area (Å²) in [4.78, 5) is 4.40. The van der Waals surface area contributed by atoms with Gasteiger partial charge in [-0.25, -0.2) is 0 Å². The van der Waals surface area contributed by atoms with Crippen LogP contribution in [-0.2, 0) is 4.74 Å². The Kier molecular flexibility index (Phi) is 3.16. The van der Waals surface area contributed by atoms with Gasteiger partial charge in [0.1, 0.15) is 5.60 Å². The summed E-state index contributed by atoms with van der Waals surface area (Å²) in [5.74, 6) is 0.390. The molecule has 0 aliphatic carbocycles. The van der Waals surface area contributed by atoms with Crippen LogP contribution in [0.4, 0.5) is 0 Å². The van der Waals surface area contributed by atoms with Gasteiger partial charge in [-0.05, 0) is 20.3 Å². The largest absolute Gasteiger partial charge is 0.467 e. The van der Waals surface area contributed by atoms with E-state index < -0.39 is 5.60 Å². The molecule has 0 bridgehead atoms. The zero-order valence-electron chi connectivity index (χ0n) is 8.95. The van der Waals surface area contributed by atoms with Crippen LogP contribution >= 0.6 is 0 Å². The smallest absolute Gasteiger partial charge is 0.187 e. The molecule has 4 heteroatoms. The molecule has 0 aromatic carbocycles. The lowest BCUT2D eigenvalue weighted by Gasteiger charge is -2.20. The van der Waals surface area contributed by atoms with E-state index in [4.69, 9.17) is 15.6 Å². The van der Waals surface area contributed by atoms with Crippen LogP contribution in [0.3, 0.4) is 0 Å². The third kappa shape index (κ3) is 2.26. The van der Waals surface area contributed by atoms with Gasteiger partial charge in [0.05, 0.1) is 18.4 Å². The Bertz CT molecular complexity index is 265. The van der Waals surface area contributed by atoms with Gasteiger partial charge in [-0.2, -0.15) is 0 Å². The maximum absolute atomic E-state index is 9.02. The molecule has 3 N–H and O–H groups in total. The van der Waals surface area contributed by atoms with Crippen LogP contribution in [-0.4, -0.2) is 29.1 Å². The lowest BCUT2D eigenvalue weighted by molar-refractivity contribution is 0.107. The first-order chi connectivity index (χ1) is 6.49. The van der Waals surface area contributed by atoms with Gasteiger partial charge in [0.2, 0.25) is 0 Å². The molecule has 1 aliphatic heterocycles. The maximum atomic E-state index is 9.02. The third-order valence-electron chi connectivity index (χ3n) is 2.27. The van der Waals surface area contributed by atoms with Gasteiger partial charge in [-0.15, -0.1) is 0 Å². The Hall–Kier alpha value is -1.03. The summed E-state index contributed by atoms with van der Waals surface area (Å²) >= 11 is 0. The minimum Gasteiger partial charge on any atom is -0.467 e. The average Bonchev–Trinajstić information content (AvgIpc) is 2.35. The summed E-state index contributed by atoms with van der Waals surface area (Å²) in [5, 5.41) is 9.02. The SMILES string of the molecule is CCC(CO)N=C1C=C(N)OC1(C)C. The molecule has 0 radical (unpaired) electrons. The van der Waals surface area contributed by atoms with Crippen LogP contribution in [0, 0.1) is 0 Å². The second kappa shape index (κ2) is 4.00. The van der Waals surface area contributed by atoms with Crippen molar-refractivity contribution < 1.29 is 9.84 Å². The molecule has 0 amide bonds. The number of nitrogens with two attached hydrogens (primary N) is 1. The molecule has 0 aromatic rings. The molecule has 80 valence electrons. The molecule has 0 spiro atoms. The van der Waals surface area contributed by atoms with Gasteiger partial charge in [-0.3, -0.25) is 4.99 Å². The lowest BCUT2D eigenvalue weighted by atomic mass is 10.0. The van der Waals surface area contributed by atoms with E-state index in [0.717, 1.165) is 12.1 Å². The van der Waals surface area contributed by atoms with E-state index in [1.54, 1.807) is 6.08 Å². The van der Waals surface area contributed by atoms with Crippen molar-refractivity contribution in [2.24, 2.45) is 10.7 Å². The van der Waals surface area contributed by atoms with Crippen LogP contribution in [0.1, 0.15) is 27.2 Å². The summed E-state index contributed by atoms with van der Waals surface area (Å²) in [6.45, 7) is 5.86. The fraction of sp³-hybridized carbons (Fsp3) is 0.700. The molecule has 1 aliphatic rings. The van der Waals surface area contributed by atoms with Gasteiger partial charge in [-0.1, -0.05) is 6.92 Å². The van der Waals surface area contributed by atoms with Crippen molar-refractivity contribution >= 4 is 5.71 Å². The molecule has 0 aromatic heterocycles. The monoisotopic (exact) mass is 198 g/mol. The number of rotatable bonds is 3. The Morgan fingerprint density at radius 1 is 1.64 bits per heavy atom. The minimum atomic E-state index is -0.466. The summed E-state index contributed by atoms with van der Waals surface area (Å²) in [6.07, 6.45) is 2.53. The molecule has 1 rings (SSSR count). The summed E-state index contributed by atoms with van der Waals surface area (Å²) in [5.41, 5.74) is 5.89. The van der Waals surface area contributed by atoms with Crippen molar-refractivity contribution in [3.05, 3.63) is 12.0 Å². The van der Waals surface area contributed by atoms with Crippen molar-refractivity contribution in [3.8, 4) is 0 Å². The molecule has 0 saturated heterocycles. The van der Waals surface area contributed by atoms with Gasteiger partial charge in [0, 0.05) is 6.08 Å². The maximum Gasteiger partial charge on any atom is 0.187 e. The molecule has 14 heavy (non-hydrogen) atoms. The first-order valence-corrected chi connectivity index (χ1v) is 4.85. The zero-order chi connectivity index (χ0) is 10.8. The van der Waals surface area contributed by atoms with Crippen LogP contribution in [0.5, 0.6) is 0 Å². The molecule has 1 heterocycles. The van der Waals surface area contributed by atoms with Crippen molar-refractivity contribution in [1.82, 2.24) is 0 Å². The predicted octanol–water partition coefficient (Wildman–Crippen LogP) is 0.807. The molecular weight excluding hydrogens is 180 g/mol. The van der Waals surface area contributed by atoms with Crippen LogP contribution in [0.15, 0.2) is 17.0 Å². The van der Waals surface area contributed by atoms with Crippen LogP contribution < -0.4 is 5.73 Å².